The molecule has 0 fully saturated rings. The fourth-order valence-corrected chi connectivity index (χ4v) is 1.65. The molecule has 0 saturated heterocycles. The van der Waals surface area contributed by atoms with E-state index >= 15 is 0 Å². The Bertz CT molecular complexity index is 476. The molecule has 0 spiro atoms. The van der Waals surface area contributed by atoms with E-state index in [4.69, 9.17) is 26.8 Å². The topological polar surface area (TPSA) is 85.9 Å². The van der Waals surface area contributed by atoms with Crippen molar-refractivity contribution in [1.82, 2.24) is 5.43 Å². The number of carbonyl (C=O) groups is 1. The Labute approximate surface area is 102 Å². The first-order chi connectivity index (χ1) is 8.16. The molecule has 0 aliphatic carbocycles. The summed E-state index contributed by atoms with van der Waals surface area (Å²) < 4.78 is 10.7. The highest BCUT2D eigenvalue weighted by molar-refractivity contribution is 6.32. The van der Waals surface area contributed by atoms with Crippen LogP contribution < -0.4 is 20.6 Å². The van der Waals surface area contributed by atoms with Crippen LogP contribution in [0, 0.1) is 0 Å². The number of fused-ring (bicyclic) bond motifs is 1. The second kappa shape index (κ2) is 4.92. The van der Waals surface area contributed by atoms with Gasteiger partial charge in [-0.2, -0.15) is 5.10 Å². The first kappa shape index (κ1) is 11.5. The maximum Gasteiger partial charge on any atom is 0.332 e. The van der Waals surface area contributed by atoms with Crippen LogP contribution in [0.1, 0.15) is 5.56 Å². The maximum atomic E-state index is 10.4. The van der Waals surface area contributed by atoms with Gasteiger partial charge < -0.3 is 15.2 Å². The lowest BCUT2D eigenvalue weighted by Gasteiger charge is -2.19. The summed E-state index contributed by atoms with van der Waals surface area (Å²) in [6, 6.07) is 2.64. The van der Waals surface area contributed by atoms with Crippen LogP contribution in [0.25, 0.3) is 0 Å². The Morgan fingerprint density at radius 3 is 3.00 bits per heavy atom. The standard InChI is InChI=1S/C10H10ClN3O3/c11-7-3-6(5-13-14-10(12)15)4-8-9(7)17-2-1-16-8/h3-5H,1-2H2,(H3,12,14,15)/b13-5-. The molecule has 7 heteroatoms. The van der Waals surface area contributed by atoms with Crippen LogP contribution in [-0.4, -0.2) is 25.5 Å². The first-order valence-electron chi connectivity index (χ1n) is 4.84. The molecule has 6 nitrogen and oxygen atoms in total. The molecule has 0 radical (unpaired) electrons. The summed E-state index contributed by atoms with van der Waals surface area (Å²) in [6.07, 6.45) is 1.41. The molecule has 17 heavy (non-hydrogen) atoms. The predicted molar refractivity (Wildman–Crippen MR) is 62.8 cm³/mol. The molecule has 1 aromatic rings. The number of urea groups is 1. The molecule has 2 rings (SSSR count). The Balaban J connectivity index is 2.22. The normalized spacial score (nSPS) is 13.7. The van der Waals surface area contributed by atoms with Crippen LogP contribution in [0.15, 0.2) is 17.2 Å². The number of rotatable bonds is 2. The minimum atomic E-state index is -0.732. The highest BCUT2D eigenvalue weighted by Gasteiger charge is 2.15. The average Bonchev–Trinajstić information content (AvgIpc) is 2.28. The molecule has 0 unspecified atom stereocenters. The summed E-state index contributed by atoms with van der Waals surface area (Å²) in [6.45, 7) is 0.951. The van der Waals surface area contributed by atoms with Gasteiger partial charge in [0.2, 0.25) is 0 Å². The Morgan fingerprint density at radius 2 is 2.24 bits per heavy atom. The Morgan fingerprint density at radius 1 is 1.47 bits per heavy atom. The Hall–Kier alpha value is -1.95. The van der Waals surface area contributed by atoms with E-state index in [0.29, 0.717) is 35.3 Å². The number of nitrogens with two attached hydrogens (primary N) is 1. The summed E-state index contributed by atoms with van der Waals surface area (Å²) in [7, 11) is 0. The second-order valence-electron chi connectivity index (χ2n) is 3.26. The number of nitrogens with zero attached hydrogens (tertiary/aromatic N) is 1. The lowest BCUT2D eigenvalue weighted by molar-refractivity contribution is 0.171. The number of primary amides is 1. The van der Waals surface area contributed by atoms with Crippen LogP contribution in [0.3, 0.4) is 0 Å². The third kappa shape index (κ3) is 2.79. The molecule has 0 atom stereocenters. The van der Waals surface area contributed by atoms with E-state index in [0.717, 1.165) is 0 Å². The van der Waals surface area contributed by atoms with Gasteiger partial charge in [0.05, 0.1) is 11.2 Å². The van der Waals surface area contributed by atoms with E-state index in [2.05, 4.69) is 10.5 Å². The smallest absolute Gasteiger partial charge is 0.332 e. The third-order valence-corrected chi connectivity index (χ3v) is 2.29. The third-order valence-electron chi connectivity index (χ3n) is 2.01. The zero-order valence-electron chi connectivity index (χ0n) is 8.77. The van der Waals surface area contributed by atoms with Gasteiger partial charge in [-0.3, -0.25) is 0 Å². The number of hydrogen-bond donors (Lipinski definition) is 2. The number of halogens is 1. The SMILES string of the molecule is NC(=O)N/N=C\c1cc(Cl)c2c(c1)OCCO2. The summed E-state index contributed by atoms with van der Waals surface area (Å²) in [4.78, 5) is 10.4. The van der Waals surface area contributed by atoms with Gasteiger partial charge in [-0.05, 0) is 17.7 Å². The molecule has 0 aromatic heterocycles. The van der Waals surface area contributed by atoms with E-state index < -0.39 is 6.03 Å². The molecule has 3 N–H and O–H groups in total. The van der Waals surface area contributed by atoms with E-state index in [1.54, 1.807) is 12.1 Å². The molecule has 0 bridgehead atoms. The quantitative estimate of drug-likeness (QED) is 0.613. The summed E-state index contributed by atoms with van der Waals surface area (Å²) in [5.41, 5.74) is 7.62. The second-order valence-corrected chi connectivity index (χ2v) is 3.67. The summed E-state index contributed by atoms with van der Waals surface area (Å²) in [5.74, 6) is 1.09. The molecular weight excluding hydrogens is 246 g/mol. The molecule has 0 saturated carbocycles. The van der Waals surface area contributed by atoms with Gasteiger partial charge in [0.25, 0.3) is 0 Å². The first-order valence-corrected chi connectivity index (χ1v) is 5.22. The summed E-state index contributed by atoms with van der Waals surface area (Å²) >= 11 is 6.01. The highest BCUT2D eigenvalue weighted by atomic mass is 35.5. The van der Waals surface area contributed by atoms with Crippen molar-refractivity contribution in [2.75, 3.05) is 13.2 Å². The molecule has 90 valence electrons. The van der Waals surface area contributed by atoms with Gasteiger partial charge in [-0.15, -0.1) is 0 Å². The maximum absolute atomic E-state index is 10.4. The summed E-state index contributed by atoms with van der Waals surface area (Å²) in [5, 5.41) is 4.06. The van der Waals surface area contributed by atoms with Crippen molar-refractivity contribution in [3.8, 4) is 11.5 Å². The van der Waals surface area contributed by atoms with Gasteiger partial charge in [-0.25, -0.2) is 10.2 Å². The predicted octanol–water partition coefficient (Wildman–Crippen LogP) is 1.11. The fraction of sp³-hybridized carbons (Fsp3) is 0.200. The minimum Gasteiger partial charge on any atom is -0.486 e. The highest BCUT2D eigenvalue weighted by Crippen LogP contribution is 2.37. The number of nitrogens with one attached hydrogen (secondary N) is 1. The van der Waals surface area contributed by atoms with Crippen molar-refractivity contribution < 1.29 is 14.3 Å². The number of carbonyl (C=O) groups excluding carboxylic acids is 1. The van der Waals surface area contributed by atoms with Crippen molar-refractivity contribution in [1.29, 1.82) is 0 Å². The largest absolute Gasteiger partial charge is 0.486 e. The average molecular weight is 256 g/mol. The van der Waals surface area contributed by atoms with Crippen molar-refractivity contribution in [2.45, 2.75) is 0 Å². The zero-order chi connectivity index (χ0) is 12.3. The minimum absolute atomic E-state index is 0.433. The van der Waals surface area contributed by atoms with Crippen LogP contribution in [0.4, 0.5) is 4.79 Å². The number of ether oxygens (including phenoxy) is 2. The number of benzene rings is 1. The zero-order valence-corrected chi connectivity index (χ0v) is 9.53. The van der Waals surface area contributed by atoms with Crippen LogP contribution >= 0.6 is 11.6 Å². The fourth-order valence-electron chi connectivity index (χ4n) is 1.38. The van der Waals surface area contributed by atoms with E-state index in [1.807, 2.05) is 0 Å². The van der Waals surface area contributed by atoms with E-state index in [9.17, 15) is 4.79 Å². The number of hydrazone groups is 1. The van der Waals surface area contributed by atoms with E-state index in [-0.39, 0.29) is 0 Å². The molecular formula is C10H10ClN3O3. The number of amides is 2. The van der Waals surface area contributed by atoms with Crippen LogP contribution in [0.5, 0.6) is 11.5 Å². The molecule has 1 aromatic carbocycles. The molecule has 2 amide bonds. The molecule has 1 aliphatic rings. The Kier molecular flexibility index (Phi) is 3.34. The van der Waals surface area contributed by atoms with Gasteiger partial charge in [-0.1, -0.05) is 11.6 Å². The van der Waals surface area contributed by atoms with Gasteiger partial charge in [0, 0.05) is 0 Å². The van der Waals surface area contributed by atoms with Crippen molar-refractivity contribution >= 4 is 23.8 Å². The monoisotopic (exact) mass is 255 g/mol. The molecule has 1 heterocycles. The van der Waals surface area contributed by atoms with Gasteiger partial charge in [0.1, 0.15) is 13.2 Å². The van der Waals surface area contributed by atoms with Crippen molar-refractivity contribution in [3.63, 3.8) is 0 Å². The van der Waals surface area contributed by atoms with E-state index in [1.165, 1.54) is 6.21 Å². The van der Waals surface area contributed by atoms with Crippen molar-refractivity contribution in [3.05, 3.63) is 22.7 Å². The lowest BCUT2D eigenvalue weighted by Crippen LogP contribution is -2.24. The van der Waals surface area contributed by atoms with Gasteiger partial charge >= 0.3 is 6.03 Å². The van der Waals surface area contributed by atoms with Crippen LogP contribution in [-0.2, 0) is 0 Å². The lowest BCUT2D eigenvalue weighted by atomic mass is 10.2. The number of hydrogen-bond acceptors (Lipinski definition) is 4. The molecule has 1 aliphatic heterocycles. The van der Waals surface area contributed by atoms with Gasteiger partial charge in [0.15, 0.2) is 11.5 Å². The van der Waals surface area contributed by atoms with Crippen LogP contribution in [0.2, 0.25) is 5.02 Å². The van der Waals surface area contributed by atoms with Crippen molar-refractivity contribution in [2.24, 2.45) is 10.8 Å².